The molecule has 0 aliphatic carbocycles. The fourth-order valence-electron chi connectivity index (χ4n) is 11.6. The Hall–Kier alpha value is -3.75. The van der Waals surface area contributed by atoms with Crippen LogP contribution in [0.3, 0.4) is 0 Å². The van der Waals surface area contributed by atoms with Gasteiger partial charge in [-0.15, -0.1) is 0 Å². The number of esters is 1. The SMILES string of the molecule is C=Cn1cc(C(=O)O)c(=O)c2cc(CCCNCCS(=O)(=O)O[C@H]3[C@H](C)O[C@@H](O[C@H]4[C@H](C)[C@@H](O[C@@H]5O[C@H](C)C[C@H](N(C)C)[C@H]5O)[C@](C)(OC)C[C@@H](C)C(=O)[C@H](C)[C@@H](O)[C@](C)(O)[C@@H](CC)OC(=O)[C@@H]4C)C[C@@]3(C)OC)ccc21. The standard InChI is InChI=1S/C55H87N3O18S/c1-16-41-55(11,66)47(62)32(5)43(59)30(3)27-53(9,69-14)48(75-52-45(61)40(57(12)13)25-31(4)71-52)33(6)46(34(7)51(65)73-41)74-42-28-54(10,70-15)49(35(8)72-42)76-77(67,68)24-23-56-22-18-19-36-20-21-39-37(26-36)44(60)38(50(63)64)29-58(39)17-2/h17,20-21,26,29-35,40-42,45-49,52,56,61-62,66H,2,16,18-19,22-25,27-28H2,1,3-15H3,(H,63,64)/t30-,31-,32+,33+,34-,35+,40+,41-,42+,45-,46+,47-,48-,49+,52+,53-,54-,55-/m1/s1. The van der Waals surface area contributed by atoms with Crippen LogP contribution in [0.2, 0.25) is 0 Å². The maximum Gasteiger partial charge on any atom is 0.341 e. The number of Topliss-reactive ketones (excluding diaryl/α,β-unsaturated/α-hetero) is 1. The summed E-state index contributed by atoms with van der Waals surface area (Å²) >= 11 is 0. The highest BCUT2D eigenvalue weighted by molar-refractivity contribution is 7.86. The number of ketones is 1. The van der Waals surface area contributed by atoms with E-state index in [0.29, 0.717) is 31.3 Å². The first-order valence-electron chi connectivity index (χ1n) is 26.8. The Bertz CT molecular complexity index is 2540. The molecule has 436 valence electrons. The number of likely N-dealkylation sites (N-methyl/N-ethyl adjacent to an activating group) is 1. The minimum absolute atomic E-state index is 0.0287. The molecule has 3 aliphatic rings. The molecule has 21 nitrogen and oxygen atoms in total. The second-order valence-corrected chi connectivity index (χ2v) is 24.2. The van der Waals surface area contributed by atoms with Gasteiger partial charge in [-0.05, 0) is 112 Å². The molecular weight excluding hydrogens is 1020 g/mol. The summed E-state index contributed by atoms with van der Waals surface area (Å²) in [6, 6.07) is 4.86. The molecule has 1 aromatic heterocycles. The number of benzene rings is 1. The number of pyridine rings is 1. The Morgan fingerprint density at radius 3 is 2.19 bits per heavy atom. The summed E-state index contributed by atoms with van der Waals surface area (Å²) in [6.45, 7) is 20.7. The number of hydrogen-bond acceptors (Lipinski definition) is 19. The van der Waals surface area contributed by atoms with Gasteiger partial charge in [0.05, 0.1) is 58.9 Å². The van der Waals surface area contributed by atoms with Crippen LogP contribution in [0.4, 0.5) is 0 Å². The van der Waals surface area contributed by atoms with Gasteiger partial charge < -0.3 is 68.4 Å². The monoisotopic (exact) mass is 1110 g/mol. The van der Waals surface area contributed by atoms with E-state index in [9.17, 15) is 48.0 Å². The van der Waals surface area contributed by atoms with Crippen molar-refractivity contribution in [1.29, 1.82) is 0 Å². The number of fused-ring (bicyclic) bond motifs is 1. The first kappa shape index (κ1) is 64.1. The summed E-state index contributed by atoms with van der Waals surface area (Å²) < 4.78 is 79.6. The van der Waals surface area contributed by atoms with Crippen LogP contribution in [0.25, 0.3) is 17.1 Å². The van der Waals surface area contributed by atoms with Gasteiger partial charge in [-0.25, -0.2) is 4.79 Å². The minimum atomic E-state index is -4.21. The average molecular weight is 1110 g/mol. The molecular formula is C55H87N3O18S. The van der Waals surface area contributed by atoms with E-state index >= 15 is 0 Å². The molecule has 5 rings (SSSR count). The van der Waals surface area contributed by atoms with E-state index in [1.807, 2.05) is 32.0 Å². The average Bonchev–Trinajstić information content (AvgIpc) is 3.37. The normalized spacial score (nSPS) is 37.1. The molecule has 77 heavy (non-hydrogen) atoms. The molecule has 0 radical (unpaired) electrons. The van der Waals surface area contributed by atoms with Crippen LogP contribution in [0.1, 0.15) is 117 Å². The highest BCUT2D eigenvalue weighted by atomic mass is 32.2. The zero-order chi connectivity index (χ0) is 57.7. The van der Waals surface area contributed by atoms with Crippen LogP contribution in [0, 0.1) is 23.7 Å². The zero-order valence-electron chi connectivity index (χ0n) is 47.4. The lowest BCUT2D eigenvalue weighted by molar-refractivity contribution is -0.317. The Morgan fingerprint density at radius 1 is 0.948 bits per heavy atom. The molecule has 2 aromatic rings. The number of cyclic esters (lactones) is 1. The third kappa shape index (κ3) is 14.6. The van der Waals surface area contributed by atoms with E-state index in [-0.39, 0.29) is 54.7 Å². The van der Waals surface area contributed by atoms with Crippen molar-refractivity contribution in [3.63, 3.8) is 0 Å². The number of methoxy groups -OCH3 is 2. The summed E-state index contributed by atoms with van der Waals surface area (Å²) in [5, 5.41) is 48.2. The molecule has 3 aliphatic heterocycles. The summed E-state index contributed by atoms with van der Waals surface area (Å²) in [6.07, 6.45) is -6.85. The van der Waals surface area contributed by atoms with E-state index in [2.05, 4.69) is 11.9 Å². The van der Waals surface area contributed by atoms with Crippen molar-refractivity contribution >= 4 is 44.9 Å². The van der Waals surface area contributed by atoms with Crippen LogP contribution in [0.15, 0.2) is 35.8 Å². The van der Waals surface area contributed by atoms with E-state index in [0.717, 1.165) is 5.56 Å². The van der Waals surface area contributed by atoms with Gasteiger partial charge in [-0.2, -0.15) is 8.42 Å². The van der Waals surface area contributed by atoms with Gasteiger partial charge in [0.15, 0.2) is 12.6 Å². The van der Waals surface area contributed by atoms with Gasteiger partial charge in [0.1, 0.15) is 35.3 Å². The molecule has 0 spiro atoms. The number of hydrogen-bond donors (Lipinski definition) is 5. The van der Waals surface area contributed by atoms with Gasteiger partial charge in [0, 0.05) is 68.8 Å². The maximum atomic E-state index is 14.6. The number of aryl methyl sites for hydroxylation is 1. The van der Waals surface area contributed by atoms with Gasteiger partial charge in [-0.1, -0.05) is 40.3 Å². The molecule has 0 amide bonds. The molecule has 5 N–H and O–H groups in total. The second-order valence-electron chi connectivity index (χ2n) is 22.4. The van der Waals surface area contributed by atoms with E-state index in [1.54, 1.807) is 60.6 Å². The third-order valence-electron chi connectivity index (χ3n) is 16.3. The number of carboxylic acid groups (broad SMARTS) is 1. The summed E-state index contributed by atoms with van der Waals surface area (Å²) in [4.78, 5) is 55.3. The number of nitrogens with zero attached hydrogens (tertiary/aromatic N) is 2. The largest absolute Gasteiger partial charge is 0.477 e. The minimum Gasteiger partial charge on any atom is -0.477 e. The Balaban J connectivity index is 1.38. The number of aromatic carboxylic acids is 1. The molecule has 18 atom stereocenters. The van der Waals surface area contributed by atoms with Gasteiger partial charge in [-0.3, -0.25) is 18.6 Å². The highest BCUT2D eigenvalue weighted by Crippen LogP contribution is 2.42. The number of aromatic nitrogens is 1. The topological polar surface area (TPSA) is 277 Å². The summed E-state index contributed by atoms with van der Waals surface area (Å²) in [7, 11) is 2.37. The number of nitrogens with one attached hydrogen (secondary N) is 1. The molecule has 0 bridgehead atoms. The Morgan fingerprint density at radius 2 is 1.60 bits per heavy atom. The second kappa shape index (κ2) is 26.2. The fourth-order valence-corrected chi connectivity index (χ4v) is 12.7. The lowest BCUT2D eigenvalue weighted by Crippen LogP contribution is -2.62. The van der Waals surface area contributed by atoms with Gasteiger partial charge in [0.25, 0.3) is 10.1 Å². The number of ether oxygens (including phenoxy) is 7. The number of carbonyl (C=O) groups is 3. The molecule has 0 unspecified atom stereocenters. The van der Waals surface area contributed by atoms with Crippen molar-refractivity contribution in [2.24, 2.45) is 23.7 Å². The number of carbonyl (C=O) groups excluding carboxylic acids is 2. The van der Waals surface area contributed by atoms with Gasteiger partial charge >= 0.3 is 11.9 Å². The van der Waals surface area contributed by atoms with Crippen molar-refractivity contribution in [1.82, 2.24) is 14.8 Å². The quantitative estimate of drug-likeness (QED) is 0.0751. The predicted molar refractivity (Wildman–Crippen MR) is 286 cm³/mol. The van der Waals surface area contributed by atoms with Crippen molar-refractivity contribution in [3.05, 3.63) is 52.3 Å². The third-order valence-corrected chi connectivity index (χ3v) is 17.6. The zero-order valence-corrected chi connectivity index (χ0v) is 48.2. The lowest BCUT2D eigenvalue weighted by Gasteiger charge is -2.50. The predicted octanol–water partition coefficient (Wildman–Crippen LogP) is 4.13. The molecule has 0 saturated carbocycles. The van der Waals surface area contributed by atoms with Crippen LogP contribution in [0.5, 0.6) is 0 Å². The van der Waals surface area contributed by atoms with Crippen molar-refractivity contribution in [2.75, 3.05) is 47.2 Å². The number of aliphatic hydroxyl groups excluding tert-OH is 2. The van der Waals surface area contributed by atoms with Gasteiger partial charge in [0.2, 0.25) is 5.43 Å². The number of carboxylic acids is 1. The van der Waals surface area contributed by atoms with E-state index in [1.165, 1.54) is 45.0 Å². The molecule has 3 saturated heterocycles. The van der Waals surface area contributed by atoms with Crippen molar-refractivity contribution < 1.29 is 80.6 Å². The van der Waals surface area contributed by atoms with Crippen LogP contribution in [-0.4, -0.2) is 187 Å². The van der Waals surface area contributed by atoms with Crippen molar-refractivity contribution in [3.8, 4) is 0 Å². The van der Waals surface area contributed by atoms with Crippen LogP contribution >= 0.6 is 0 Å². The molecule has 1 aromatic carbocycles. The Kier molecular flexibility index (Phi) is 21.8. The van der Waals surface area contributed by atoms with Crippen LogP contribution < -0.4 is 10.7 Å². The first-order valence-corrected chi connectivity index (χ1v) is 28.3. The molecule has 4 heterocycles. The number of aliphatic hydroxyl groups is 3. The molecule has 22 heteroatoms. The number of rotatable bonds is 19. The fraction of sp³-hybridized carbons (Fsp3) is 0.745. The van der Waals surface area contributed by atoms with E-state index in [4.69, 9.17) is 37.3 Å². The maximum absolute atomic E-state index is 14.6. The lowest BCUT2D eigenvalue weighted by atomic mass is 9.74. The summed E-state index contributed by atoms with van der Waals surface area (Å²) in [5.41, 5.74) is -4.42. The smallest absolute Gasteiger partial charge is 0.341 e. The first-order chi connectivity index (χ1) is 35.9. The van der Waals surface area contributed by atoms with E-state index < -0.39 is 129 Å². The highest BCUT2D eigenvalue weighted by Gasteiger charge is 2.55. The van der Waals surface area contributed by atoms with Crippen LogP contribution in [-0.2, 0) is 63.5 Å². The van der Waals surface area contributed by atoms with Crippen molar-refractivity contribution in [2.45, 2.75) is 192 Å². The molecule has 3 fully saturated rings. The summed E-state index contributed by atoms with van der Waals surface area (Å²) in [5.74, 6) is -6.78. The Labute approximate surface area is 453 Å².